The van der Waals surface area contributed by atoms with Crippen LogP contribution >= 0.6 is 11.8 Å². The minimum Gasteiger partial charge on any atom is -0.444 e. The highest BCUT2D eigenvalue weighted by Crippen LogP contribution is 2.51. The van der Waals surface area contributed by atoms with Gasteiger partial charge in [-0.05, 0) is 43.9 Å². The zero-order valence-corrected chi connectivity index (χ0v) is 25.8. The van der Waals surface area contributed by atoms with Gasteiger partial charge in [-0.25, -0.2) is 4.79 Å². The molecule has 0 saturated carbocycles. The van der Waals surface area contributed by atoms with Gasteiger partial charge in [0.15, 0.2) is 0 Å². The van der Waals surface area contributed by atoms with Crippen molar-refractivity contribution in [3.05, 3.63) is 108 Å². The summed E-state index contributed by atoms with van der Waals surface area (Å²) in [7, 11) is 1.69. The summed E-state index contributed by atoms with van der Waals surface area (Å²) in [4.78, 5) is 13.1. The van der Waals surface area contributed by atoms with Crippen molar-refractivity contribution in [1.82, 2.24) is 16.0 Å². The van der Waals surface area contributed by atoms with Crippen LogP contribution in [0.3, 0.4) is 0 Å². The SMILES string of the molecule is COCCC1(NC(=O)OC(C)(C)C)NCCNC1C[C@H](C)SC(c1ccccc1)(c1ccccc1)c1ccccc1. The number of methoxy groups -OCH3 is 1. The van der Waals surface area contributed by atoms with E-state index in [0.717, 1.165) is 19.5 Å². The van der Waals surface area contributed by atoms with Gasteiger partial charge in [0.2, 0.25) is 0 Å². The number of rotatable bonds is 11. The molecule has 220 valence electrons. The molecule has 1 fully saturated rings. The Hall–Kier alpha value is -2.84. The molecule has 1 heterocycles. The molecule has 3 aromatic rings. The number of benzene rings is 3. The maximum absolute atomic E-state index is 13.1. The van der Waals surface area contributed by atoms with Crippen LogP contribution in [-0.4, -0.2) is 55.5 Å². The van der Waals surface area contributed by atoms with E-state index >= 15 is 0 Å². The summed E-state index contributed by atoms with van der Waals surface area (Å²) in [6.45, 7) is 9.99. The van der Waals surface area contributed by atoms with Crippen molar-refractivity contribution in [2.24, 2.45) is 0 Å². The third-order valence-electron chi connectivity index (χ3n) is 7.46. The van der Waals surface area contributed by atoms with E-state index in [4.69, 9.17) is 9.47 Å². The molecule has 3 aromatic carbocycles. The molecule has 0 spiro atoms. The smallest absolute Gasteiger partial charge is 0.409 e. The first-order valence-electron chi connectivity index (χ1n) is 14.5. The molecule has 1 amide bonds. The Labute approximate surface area is 250 Å². The summed E-state index contributed by atoms with van der Waals surface area (Å²) >= 11 is 1.96. The number of carbonyl (C=O) groups excluding carboxylic acids is 1. The predicted molar refractivity (Wildman–Crippen MR) is 169 cm³/mol. The fourth-order valence-corrected chi connectivity index (χ4v) is 7.43. The van der Waals surface area contributed by atoms with Crippen LogP contribution in [0.4, 0.5) is 4.79 Å². The lowest BCUT2D eigenvalue weighted by Crippen LogP contribution is -2.74. The van der Waals surface area contributed by atoms with Crippen molar-refractivity contribution < 1.29 is 14.3 Å². The molecular weight excluding hydrogens is 530 g/mol. The van der Waals surface area contributed by atoms with Crippen LogP contribution in [0.15, 0.2) is 91.0 Å². The zero-order chi connectivity index (χ0) is 29.3. The molecule has 41 heavy (non-hydrogen) atoms. The number of nitrogens with one attached hydrogen (secondary N) is 3. The van der Waals surface area contributed by atoms with Crippen LogP contribution in [0, 0.1) is 0 Å². The van der Waals surface area contributed by atoms with Crippen LogP contribution in [0.1, 0.15) is 57.2 Å². The molecule has 6 nitrogen and oxygen atoms in total. The number of piperazine rings is 1. The van der Waals surface area contributed by atoms with Gasteiger partial charge in [0.1, 0.15) is 11.3 Å². The van der Waals surface area contributed by atoms with Gasteiger partial charge in [-0.1, -0.05) is 97.9 Å². The lowest BCUT2D eigenvalue weighted by molar-refractivity contribution is 0.0281. The highest BCUT2D eigenvalue weighted by atomic mass is 32.2. The second-order valence-electron chi connectivity index (χ2n) is 11.7. The van der Waals surface area contributed by atoms with Gasteiger partial charge in [-0.2, -0.15) is 0 Å². The molecule has 1 aliphatic heterocycles. The lowest BCUT2D eigenvalue weighted by atomic mass is 9.84. The van der Waals surface area contributed by atoms with Gasteiger partial charge in [0, 0.05) is 44.5 Å². The van der Waals surface area contributed by atoms with Gasteiger partial charge in [-0.15, -0.1) is 11.8 Å². The number of hydrogen-bond donors (Lipinski definition) is 3. The Morgan fingerprint density at radius 1 is 0.927 bits per heavy atom. The first kappa shape index (κ1) is 31.1. The van der Waals surface area contributed by atoms with Crippen LogP contribution in [0.2, 0.25) is 0 Å². The van der Waals surface area contributed by atoms with Crippen LogP contribution < -0.4 is 16.0 Å². The molecule has 1 aliphatic rings. The first-order valence-corrected chi connectivity index (χ1v) is 15.4. The fraction of sp³-hybridized carbons (Fsp3) is 0.441. The molecule has 4 rings (SSSR count). The Bertz CT molecular complexity index is 1120. The summed E-state index contributed by atoms with van der Waals surface area (Å²) in [5.74, 6) is 0. The van der Waals surface area contributed by atoms with Crippen LogP contribution in [0.5, 0.6) is 0 Å². The molecule has 2 unspecified atom stereocenters. The van der Waals surface area contributed by atoms with Gasteiger partial charge in [-0.3, -0.25) is 5.32 Å². The number of ether oxygens (including phenoxy) is 2. The van der Waals surface area contributed by atoms with E-state index in [2.05, 4.69) is 114 Å². The molecule has 3 N–H and O–H groups in total. The number of alkyl carbamates (subject to hydrolysis) is 1. The van der Waals surface area contributed by atoms with E-state index in [1.807, 2.05) is 32.5 Å². The third-order valence-corrected chi connectivity index (χ3v) is 9.12. The Kier molecular flexibility index (Phi) is 10.5. The fourth-order valence-electron chi connectivity index (χ4n) is 5.72. The topological polar surface area (TPSA) is 71.6 Å². The number of carbonyl (C=O) groups is 1. The molecule has 0 aliphatic carbocycles. The van der Waals surface area contributed by atoms with Gasteiger partial charge in [0.25, 0.3) is 0 Å². The maximum atomic E-state index is 13.1. The first-order chi connectivity index (χ1) is 19.7. The minimum absolute atomic E-state index is 0.0403. The number of thioether (sulfide) groups is 1. The van der Waals surface area contributed by atoms with Gasteiger partial charge < -0.3 is 20.1 Å². The highest BCUT2D eigenvalue weighted by molar-refractivity contribution is 8.01. The van der Waals surface area contributed by atoms with Crippen molar-refractivity contribution in [2.75, 3.05) is 26.8 Å². The minimum atomic E-state index is -0.708. The lowest BCUT2D eigenvalue weighted by Gasteiger charge is -2.47. The summed E-state index contributed by atoms with van der Waals surface area (Å²) in [6, 6.07) is 32.3. The Morgan fingerprint density at radius 3 is 1.90 bits per heavy atom. The quantitative estimate of drug-likeness (QED) is 0.233. The van der Waals surface area contributed by atoms with E-state index in [-0.39, 0.29) is 11.3 Å². The van der Waals surface area contributed by atoms with E-state index in [1.54, 1.807) is 7.11 Å². The van der Waals surface area contributed by atoms with Crippen molar-refractivity contribution in [3.63, 3.8) is 0 Å². The summed E-state index contributed by atoms with van der Waals surface area (Å²) in [6.07, 6.45) is 0.993. The average Bonchev–Trinajstić information content (AvgIpc) is 2.96. The number of amides is 1. The summed E-state index contributed by atoms with van der Waals surface area (Å²) in [5.41, 5.74) is 2.42. The van der Waals surface area contributed by atoms with E-state index in [1.165, 1.54) is 16.7 Å². The van der Waals surface area contributed by atoms with Gasteiger partial charge >= 0.3 is 6.09 Å². The largest absolute Gasteiger partial charge is 0.444 e. The monoisotopic (exact) mass is 575 g/mol. The predicted octanol–water partition coefficient (Wildman–Crippen LogP) is 6.31. The second kappa shape index (κ2) is 13.9. The van der Waals surface area contributed by atoms with Crippen molar-refractivity contribution in [2.45, 2.75) is 67.8 Å². The van der Waals surface area contributed by atoms with E-state index in [0.29, 0.717) is 13.0 Å². The average molecular weight is 576 g/mol. The summed E-state index contributed by atoms with van der Waals surface area (Å²) < 4.78 is 10.8. The van der Waals surface area contributed by atoms with E-state index in [9.17, 15) is 4.79 Å². The highest BCUT2D eigenvalue weighted by Gasteiger charge is 2.45. The molecule has 0 aromatic heterocycles. The maximum Gasteiger partial charge on any atom is 0.409 e. The standard InChI is InChI=1S/C34H45N3O3S/c1-26(25-30-33(21-24-39-5,36-23-22-35-30)37-31(38)40-32(2,3)4)41-34(27-15-9-6-10-16-27,28-17-11-7-12-18-28)29-19-13-8-14-20-29/h6-20,26,30,35-36H,21-25H2,1-5H3,(H,37,38)/t26-,30?,33?/m0/s1. The third kappa shape index (κ3) is 7.72. The molecule has 7 heteroatoms. The molecule has 3 atom stereocenters. The van der Waals surface area contributed by atoms with Crippen LogP contribution in [-0.2, 0) is 14.2 Å². The molecule has 1 saturated heterocycles. The second-order valence-corrected chi connectivity index (χ2v) is 13.4. The Morgan fingerprint density at radius 2 is 1.44 bits per heavy atom. The van der Waals surface area contributed by atoms with Crippen LogP contribution in [0.25, 0.3) is 0 Å². The Balaban J connectivity index is 1.70. The van der Waals surface area contributed by atoms with Gasteiger partial charge in [0.05, 0.1) is 4.75 Å². The van der Waals surface area contributed by atoms with Crippen molar-refractivity contribution in [1.29, 1.82) is 0 Å². The molecular formula is C34H45N3O3S. The van der Waals surface area contributed by atoms with E-state index < -0.39 is 22.1 Å². The van der Waals surface area contributed by atoms with Crippen molar-refractivity contribution >= 4 is 17.9 Å². The van der Waals surface area contributed by atoms with Crippen molar-refractivity contribution in [3.8, 4) is 0 Å². The zero-order valence-electron chi connectivity index (χ0n) is 25.0. The normalized spacial score (nSPS) is 20.3. The molecule has 0 bridgehead atoms. The molecule has 0 radical (unpaired) electrons. The number of hydrogen-bond acceptors (Lipinski definition) is 6. The summed E-state index contributed by atoms with van der Waals surface area (Å²) in [5, 5.41) is 10.8.